The summed E-state index contributed by atoms with van der Waals surface area (Å²) < 4.78 is 7.48. The fourth-order valence-electron chi connectivity index (χ4n) is 2.59. The number of hydrogen-bond donors (Lipinski definition) is 0. The van der Waals surface area contributed by atoms with E-state index in [2.05, 4.69) is 35.6 Å². The first-order valence-electron chi connectivity index (χ1n) is 7.54. The Hall–Kier alpha value is -2.58. The molecule has 0 saturated heterocycles. The number of rotatable bonds is 5. The first-order chi connectivity index (χ1) is 11.7. The molecule has 4 aromatic heterocycles. The third-order valence-corrected chi connectivity index (χ3v) is 4.50. The summed E-state index contributed by atoms with van der Waals surface area (Å²) in [6.07, 6.45) is 3.76. The van der Waals surface area contributed by atoms with E-state index in [1.165, 1.54) is 5.69 Å². The standard InChI is InChI=1S/C16H16N6OS/c1-11-13(22-7-8-24-16(22)18-11)9-21(2)10-14-19-15(20-23-14)12-5-3-4-6-17-12/h3-8H,9-10H2,1-2H3. The molecular formula is C16H16N6OS. The fraction of sp³-hybridized carbons (Fsp3) is 0.250. The number of fused-ring (bicyclic) bond motifs is 1. The largest absolute Gasteiger partial charge is 0.337 e. The third-order valence-electron chi connectivity index (χ3n) is 3.75. The molecule has 4 rings (SSSR count). The van der Waals surface area contributed by atoms with Gasteiger partial charge in [-0.25, -0.2) is 4.98 Å². The Morgan fingerprint density at radius 1 is 1.25 bits per heavy atom. The first kappa shape index (κ1) is 15.0. The second-order valence-electron chi connectivity index (χ2n) is 5.60. The maximum absolute atomic E-state index is 5.35. The van der Waals surface area contributed by atoms with Gasteiger partial charge in [0.1, 0.15) is 5.69 Å². The Morgan fingerprint density at radius 2 is 2.17 bits per heavy atom. The summed E-state index contributed by atoms with van der Waals surface area (Å²) in [4.78, 5) is 16.4. The van der Waals surface area contributed by atoms with Crippen molar-refractivity contribution < 1.29 is 4.52 Å². The van der Waals surface area contributed by atoms with Gasteiger partial charge in [-0.05, 0) is 26.1 Å². The highest BCUT2D eigenvalue weighted by molar-refractivity contribution is 7.15. The molecule has 122 valence electrons. The molecule has 0 fully saturated rings. The van der Waals surface area contributed by atoms with Crippen molar-refractivity contribution in [2.75, 3.05) is 7.05 Å². The topological polar surface area (TPSA) is 72.3 Å². The predicted octanol–water partition coefficient (Wildman–Crippen LogP) is 2.78. The molecule has 0 bridgehead atoms. The second kappa shape index (κ2) is 6.14. The van der Waals surface area contributed by atoms with Crippen molar-refractivity contribution in [2.45, 2.75) is 20.0 Å². The number of imidazole rings is 1. The van der Waals surface area contributed by atoms with E-state index in [4.69, 9.17) is 4.52 Å². The lowest BCUT2D eigenvalue weighted by Gasteiger charge is -2.13. The van der Waals surface area contributed by atoms with Crippen LogP contribution in [0.15, 0.2) is 40.5 Å². The normalized spacial score (nSPS) is 11.6. The molecule has 0 N–H and O–H groups in total. The summed E-state index contributed by atoms with van der Waals surface area (Å²) in [5.74, 6) is 1.08. The number of hydrogen-bond acceptors (Lipinski definition) is 7. The lowest BCUT2D eigenvalue weighted by atomic mass is 10.3. The number of pyridine rings is 1. The molecule has 0 unspecified atom stereocenters. The average molecular weight is 340 g/mol. The summed E-state index contributed by atoms with van der Waals surface area (Å²) in [7, 11) is 2.02. The maximum Gasteiger partial charge on any atom is 0.241 e. The van der Waals surface area contributed by atoms with E-state index in [1.807, 2.05) is 37.6 Å². The molecule has 0 aliphatic heterocycles. The van der Waals surface area contributed by atoms with Crippen molar-refractivity contribution in [1.82, 2.24) is 29.4 Å². The van der Waals surface area contributed by atoms with Crippen molar-refractivity contribution in [3.63, 3.8) is 0 Å². The van der Waals surface area contributed by atoms with Crippen LogP contribution in [0, 0.1) is 6.92 Å². The van der Waals surface area contributed by atoms with Crippen molar-refractivity contribution in [3.05, 3.63) is 53.3 Å². The molecule has 4 aromatic rings. The fourth-order valence-corrected chi connectivity index (χ4v) is 3.37. The molecule has 0 amide bonds. The van der Waals surface area contributed by atoms with Crippen LogP contribution >= 0.6 is 11.3 Å². The maximum atomic E-state index is 5.35. The van der Waals surface area contributed by atoms with Gasteiger partial charge in [0.05, 0.1) is 17.9 Å². The second-order valence-corrected chi connectivity index (χ2v) is 6.47. The lowest BCUT2D eigenvalue weighted by molar-refractivity contribution is 0.258. The van der Waals surface area contributed by atoms with Gasteiger partial charge in [-0.1, -0.05) is 11.2 Å². The number of nitrogens with zero attached hydrogens (tertiary/aromatic N) is 6. The highest BCUT2D eigenvalue weighted by atomic mass is 32.1. The molecule has 0 radical (unpaired) electrons. The number of aryl methyl sites for hydroxylation is 1. The van der Waals surface area contributed by atoms with Crippen LogP contribution in [0.25, 0.3) is 16.5 Å². The van der Waals surface area contributed by atoms with Crippen LogP contribution in [-0.4, -0.2) is 36.5 Å². The Bertz CT molecular complexity index is 957. The zero-order valence-electron chi connectivity index (χ0n) is 13.4. The van der Waals surface area contributed by atoms with Gasteiger partial charge in [0.25, 0.3) is 0 Å². The summed E-state index contributed by atoms with van der Waals surface area (Å²) in [6, 6.07) is 5.62. The molecular weight excluding hydrogens is 324 g/mol. The van der Waals surface area contributed by atoms with Crippen molar-refractivity contribution in [3.8, 4) is 11.5 Å². The summed E-state index contributed by atoms with van der Waals surface area (Å²) in [6.45, 7) is 3.36. The van der Waals surface area contributed by atoms with Gasteiger partial charge in [0, 0.05) is 24.3 Å². The summed E-state index contributed by atoms with van der Waals surface area (Å²) in [5, 5.41) is 6.05. The predicted molar refractivity (Wildman–Crippen MR) is 90.5 cm³/mol. The number of aromatic nitrogens is 5. The van der Waals surface area contributed by atoms with Gasteiger partial charge in [0.15, 0.2) is 4.96 Å². The molecule has 4 heterocycles. The third kappa shape index (κ3) is 2.81. The van der Waals surface area contributed by atoms with Crippen LogP contribution in [0.1, 0.15) is 17.3 Å². The Morgan fingerprint density at radius 3 is 3.00 bits per heavy atom. The molecule has 0 aromatic carbocycles. The van der Waals surface area contributed by atoms with Crippen molar-refractivity contribution in [1.29, 1.82) is 0 Å². The SMILES string of the molecule is Cc1nc2sccn2c1CN(C)Cc1nc(-c2ccccn2)no1. The van der Waals surface area contributed by atoms with Crippen molar-refractivity contribution >= 4 is 16.3 Å². The van der Waals surface area contributed by atoms with Gasteiger partial charge in [0.2, 0.25) is 11.7 Å². The Kier molecular flexibility index (Phi) is 3.83. The van der Waals surface area contributed by atoms with Gasteiger partial charge in [-0.15, -0.1) is 11.3 Å². The summed E-state index contributed by atoms with van der Waals surface area (Å²) in [5.41, 5.74) is 2.94. The smallest absolute Gasteiger partial charge is 0.241 e. The first-order valence-corrected chi connectivity index (χ1v) is 8.42. The molecule has 0 atom stereocenters. The molecule has 0 aliphatic rings. The Balaban J connectivity index is 1.48. The minimum atomic E-state index is 0.514. The zero-order valence-corrected chi connectivity index (χ0v) is 14.2. The lowest BCUT2D eigenvalue weighted by Crippen LogP contribution is -2.19. The van der Waals surface area contributed by atoms with Crippen LogP contribution in [0.3, 0.4) is 0 Å². The minimum absolute atomic E-state index is 0.514. The van der Waals surface area contributed by atoms with Gasteiger partial charge >= 0.3 is 0 Å². The molecule has 0 spiro atoms. The van der Waals surface area contributed by atoms with Gasteiger partial charge in [-0.3, -0.25) is 14.3 Å². The van der Waals surface area contributed by atoms with E-state index in [9.17, 15) is 0 Å². The van der Waals surface area contributed by atoms with Crippen LogP contribution in [-0.2, 0) is 13.1 Å². The highest BCUT2D eigenvalue weighted by Crippen LogP contribution is 2.19. The molecule has 24 heavy (non-hydrogen) atoms. The van der Waals surface area contributed by atoms with Crippen LogP contribution in [0.5, 0.6) is 0 Å². The highest BCUT2D eigenvalue weighted by Gasteiger charge is 2.15. The zero-order chi connectivity index (χ0) is 16.5. The van der Waals surface area contributed by atoms with E-state index in [0.717, 1.165) is 17.2 Å². The van der Waals surface area contributed by atoms with E-state index in [1.54, 1.807) is 17.5 Å². The van der Waals surface area contributed by atoms with Gasteiger partial charge < -0.3 is 4.52 Å². The molecule has 0 aliphatic carbocycles. The quantitative estimate of drug-likeness (QED) is 0.556. The molecule has 8 heteroatoms. The van der Waals surface area contributed by atoms with Crippen LogP contribution in [0.4, 0.5) is 0 Å². The van der Waals surface area contributed by atoms with E-state index in [0.29, 0.717) is 24.0 Å². The minimum Gasteiger partial charge on any atom is -0.337 e. The Labute approximate surface area is 142 Å². The summed E-state index contributed by atoms with van der Waals surface area (Å²) >= 11 is 1.64. The van der Waals surface area contributed by atoms with Crippen molar-refractivity contribution in [2.24, 2.45) is 0 Å². The number of thiazole rings is 1. The van der Waals surface area contributed by atoms with Crippen LogP contribution in [0.2, 0.25) is 0 Å². The molecule has 7 nitrogen and oxygen atoms in total. The van der Waals surface area contributed by atoms with Crippen LogP contribution < -0.4 is 0 Å². The molecule has 0 saturated carbocycles. The van der Waals surface area contributed by atoms with E-state index in [-0.39, 0.29) is 0 Å². The van der Waals surface area contributed by atoms with E-state index >= 15 is 0 Å². The average Bonchev–Trinajstić information content (AvgIpc) is 3.28. The monoisotopic (exact) mass is 340 g/mol. The van der Waals surface area contributed by atoms with Gasteiger partial charge in [-0.2, -0.15) is 4.98 Å². The van der Waals surface area contributed by atoms with E-state index < -0.39 is 0 Å².